The summed E-state index contributed by atoms with van der Waals surface area (Å²) < 4.78 is 1.56. The zero-order valence-electron chi connectivity index (χ0n) is 12.7. The van der Waals surface area contributed by atoms with Gasteiger partial charge in [-0.2, -0.15) is 5.10 Å². The summed E-state index contributed by atoms with van der Waals surface area (Å²) >= 11 is 0. The molecule has 7 nitrogen and oxygen atoms in total. The SMILES string of the molecule is CCNc1ccc([N+](=O)[O-])c(-n2nc(C)c(CC)c2C)n1. The monoisotopic (exact) mass is 289 g/mol. The van der Waals surface area contributed by atoms with Crippen LogP contribution in [0.15, 0.2) is 12.1 Å². The molecule has 21 heavy (non-hydrogen) atoms. The lowest BCUT2D eigenvalue weighted by molar-refractivity contribution is -0.384. The molecule has 0 aliphatic rings. The molecule has 0 fully saturated rings. The Balaban J connectivity index is 2.65. The Hall–Kier alpha value is -2.44. The molecule has 0 bridgehead atoms. The molecule has 2 rings (SSSR count). The van der Waals surface area contributed by atoms with Crippen molar-refractivity contribution in [1.82, 2.24) is 14.8 Å². The Morgan fingerprint density at radius 1 is 1.33 bits per heavy atom. The highest BCUT2D eigenvalue weighted by atomic mass is 16.6. The first-order chi connectivity index (χ1) is 9.99. The van der Waals surface area contributed by atoms with E-state index in [0.717, 1.165) is 23.4 Å². The van der Waals surface area contributed by atoms with E-state index in [0.29, 0.717) is 12.4 Å². The van der Waals surface area contributed by atoms with E-state index in [2.05, 4.69) is 15.4 Å². The topological polar surface area (TPSA) is 85.9 Å². The molecule has 0 unspecified atom stereocenters. The van der Waals surface area contributed by atoms with Gasteiger partial charge in [-0.25, -0.2) is 9.67 Å². The minimum Gasteiger partial charge on any atom is -0.370 e. The molecule has 112 valence electrons. The van der Waals surface area contributed by atoms with Crippen LogP contribution in [-0.4, -0.2) is 26.2 Å². The number of hydrogen-bond acceptors (Lipinski definition) is 5. The normalized spacial score (nSPS) is 10.7. The minimum atomic E-state index is -0.430. The van der Waals surface area contributed by atoms with E-state index in [-0.39, 0.29) is 11.5 Å². The molecule has 0 saturated carbocycles. The number of hydrogen-bond donors (Lipinski definition) is 1. The Bertz CT molecular complexity index is 678. The fourth-order valence-electron chi connectivity index (χ4n) is 2.41. The van der Waals surface area contributed by atoms with Gasteiger partial charge in [-0.15, -0.1) is 0 Å². The highest BCUT2D eigenvalue weighted by Crippen LogP contribution is 2.26. The number of nitrogens with one attached hydrogen (secondary N) is 1. The van der Waals surface area contributed by atoms with Crippen molar-refractivity contribution >= 4 is 11.5 Å². The molecule has 0 spiro atoms. The predicted molar refractivity (Wildman–Crippen MR) is 81.0 cm³/mol. The van der Waals surface area contributed by atoms with E-state index in [4.69, 9.17) is 0 Å². The largest absolute Gasteiger partial charge is 0.370 e. The van der Waals surface area contributed by atoms with E-state index >= 15 is 0 Å². The predicted octanol–water partition coefficient (Wildman–Crippen LogP) is 2.79. The molecule has 0 aromatic carbocycles. The average molecular weight is 289 g/mol. The molecule has 7 heteroatoms. The third-order valence-electron chi connectivity index (χ3n) is 3.40. The van der Waals surface area contributed by atoms with Crippen molar-refractivity contribution in [3.05, 3.63) is 39.2 Å². The van der Waals surface area contributed by atoms with Crippen molar-refractivity contribution < 1.29 is 4.92 Å². The summed E-state index contributed by atoms with van der Waals surface area (Å²) in [6.07, 6.45) is 0.832. The van der Waals surface area contributed by atoms with E-state index in [1.165, 1.54) is 6.07 Å². The van der Waals surface area contributed by atoms with E-state index < -0.39 is 4.92 Å². The van der Waals surface area contributed by atoms with Crippen molar-refractivity contribution in [3.8, 4) is 5.82 Å². The quantitative estimate of drug-likeness (QED) is 0.675. The maximum absolute atomic E-state index is 11.2. The molecule has 0 atom stereocenters. The van der Waals surface area contributed by atoms with Crippen LogP contribution in [0.25, 0.3) is 5.82 Å². The summed E-state index contributed by atoms with van der Waals surface area (Å²) in [6.45, 7) is 8.49. The van der Waals surface area contributed by atoms with Crippen LogP contribution in [0.5, 0.6) is 0 Å². The molecule has 0 saturated heterocycles. The molecule has 0 aliphatic heterocycles. The number of nitro groups is 1. The summed E-state index contributed by atoms with van der Waals surface area (Å²) in [5.74, 6) is 0.849. The zero-order chi connectivity index (χ0) is 15.6. The van der Waals surface area contributed by atoms with Gasteiger partial charge in [0.25, 0.3) is 0 Å². The van der Waals surface area contributed by atoms with Crippen LogP contribution >= 0.6 is 0 Å². The van der Waals surface area contributed by atoms with Crippen LogP contribution in [0, 0.1) is 24.0 Å². The van der Waals surface area contributed by atoms with Gasteiger partial charge in [0, 0.05) is 18.3 Å². The van der Waals surface area contributed by atoms with Crippen molar-refractivity contribution in [2.24, 2.45) is 0 Å². The zero-order valence-corrected chi connectivity index (χ0v) is 12.7. The number of pyridine rings is 1. The fraction of sp³-hybridized carbons (Fsp3) is 0.429. The second-order valence-corrected chi connectivity index (χ2v) is 4.74. The summed E-state index contributed by atoms with van der Waals surface area (Å²) in [4.78, 5) is 15.2. The van der Waals surface area contributed by atoms with E-state index in [9.17, 15) is 10.1 Å². The van der Waals surface area contributed by atoms with Crippen LogP contribution in [0.4, 0.5) is 11.5 Å². The lowest BCUT2D eigenvalue weighted by atomic mass is 10.1. The number of nitrogens with zero attached hydrogens (tertiary/aromatic N) is 4. The maximum Gasteiger partial charge on any atom is 0.313 e. The first-order valence-electron chi connectivity index (χ1n) is 6.94. The van der Waals surface area contributed by atoms with Gasteiger partial charge in [-0.3, -0.25) is 10.1 Å². The van der Waals surface area contributed by atoms with Crippen LogP contribution < -0.4 is 5.32 Å². The summed E-state index contributed by atoms with van der Waals surface area (Å²) in [6, 6.07) is 3.07. The lowest BCUT2D eigenvalue weighted by Gasteiger charge is -2.08. The Morgan fingerprint density at radius 3 is 2.57 bits per heavy atom. The van der Waals surface area contributed by atoms with Gasteiger partial charge in [0.15, 0.2) is 0 Å². The Morgan fingerprint density at radius 2 is 2.05 bits per heavy atom. The molecule has 2 aromatic rings. The van der Waals surface area contributed by atoms with Gasteiger partial charge in [-0.1, -0.05) is 6.92 Å². The number of aromatic nitrogens is 3. The maximum atomic E-state index is 11.2. The highest BCUT2D eigenvalue weighted by Gasteiger charge is 2.22. The van der Waals surface area contributed by atoms with E-state index in [1.807, 2.05) is 27.7 Å². The van der Waals surface area contributed by atoms with Crippen LogP contribution in [0.1, 0.15) is 30.8 Å². The highest BCUT2D eigenvalue weighted by molar-refractivity contribution is 5.54. The van der Waals surface area contributed by atoms with Crippen LogP contribution in [0.3, 0.4) is 0 Å². The summed E-state index contributed by atoms with van der Waals surface area (Å²) in [7, 11) is 0. The van der Waals surface area contributed by atoms with Gasteiger partial charge in [0.2, 0.25) is 5.82 Å². The molecule has 0 amide bonds. The molecule has 2 heterocycles. The van der Waals surface area contributed by atoms with Gasteiger partial charge in [-0.05, 0) is 38.8 Å². The molecular formula is C14H19N5O2. The third-order valence-corrected chi connectivity index (χ3v) is 3.40. The second-order valence-electron chi connectivity index (χ2n) is 4.74. The number of aryl methyl sites for hydroxylation is 1. The van der Waals surface area contributed by atoms with Gasteiger partial charge in [0.05, 0.1) is 10.6 Å². The Labute approximate surface area is 123 Å². The first-order valence-corrected chi connectivity index (χ1v) is 6.94. The molecule has 0 radical (unpaired) electrons. The van der Waals surface area contributed by atoms with E-state index in [1.54, 1.807) is 10.7 Å². The minimum absolute atomic E-state index is 0.0510. The number of anilines is 1. The molecule has 1 N–H and O–H groups in total. The Kier molecular flexibility index (Phi) is 4.21. The third kappa shape index (κ3) is 2.72. The van der Waals surface area contributed by atoms with Gasteiger partial charge < -0.3 is 5.32 Å². The number of rotatable bonds is 5. The first kappa shape index (κ1) is 15.0. The van der Waals surface area contributed by atoms with Gasteiger partial charge in [0.1, 0.15) is 5.82 Å². The lowest BCUT2D eigenvalue weighted by Crippen LogP contribution is -2.09. The standard InChI is InChI=1S/C14H19N5O2/c1-5-11-9(3)17-18(10(11)4)14-12(19(20)21)7-8-13(16-14)15-6-2/h7-8H,5-6H2,1-4H3,(H,15,16). The molecule has 0 aliphatic carbocycles. The van der Waals surface area contributed by atoms with Crippen molar-refractivity contribution in [1.29, 1.82) is 0 Å². The second kappa shape index (κ2) is 5.90. The smallest absolute Gasteiger partial charge is 0.313 e. The summed E-state index contributed by atoms with van der Waals surface area (Å²) in [5, 5.41) is 18.7. The molecule has 2 aromatic heterocycles. The molecular weight excluding hydrogens is 270 g/mol. The summed E-state index contributed by atoms with van der Waals surface area (Å²) in [5.41, 5.74) is 2.81. The fourth-order valence-corrected chi connectivity index (χ4v) is 2.41. The van der Waals surface area contributed by atoms with Gasteiger partial charge >= 0.3 is 5.69 Å². The van der Waals surface area contributed by atoms with Crippen LogP contribution in [0.2, 0.25) is 0 Å². The van der Waals surface area contributed by atoms with Crippen molar-refractivity contribution in [2.45, 2.75) is 34.1 Å². The van der Waals surface area contributed by atoms with Crippen LogP contribution in [-0.2, 0) is 6.42 Å². The van der Waals surface area contributed by atoms with Crippen molar-refractivity contribution in [2.75, 3.05) is 11.9 Å². The average Bonchev–Trinajstić information content (AvgIpc) is 2.73. The van der Waals surface area contributed by atoms with Crippen molar-refractivity contribution in [3.63, 3.8) is 0 Å².